The van der Waals surface area contributed by atoms with Crippen LogP contribution in [0.15, 0.2) is 46.3 Å². The number of benzene rings is 2. The van der Waals surface area contributed by atoms with Crippen molar-refractivity contribution in [2.24, 2.45) is 4.99 Å². The third-order valence-electron chi connectivity index (χ3n) is 4.18. The molecule has 0 unspecified atom stereocenters. The van der Waals surface area contributed by atoms with Gasteiger partial charge in [-0.3, -0.25) is 9.69 Å². The van der Waals surface area contributed by atoms with Crippen molar-refractivity contribution in [3.63, 3.8) is 0 Å². The predicted octanol–water partition coefficient (Wildman–Crippen LogP) is 5.38. The Kier molecular flexibility index (Phi) is 6.31. The number of amides is 1. The van der Waals surface area contributed by atoms with Crippen molar-refractivity contribution in [2.75, 3.05) is 13.2 Å². The largest absolute Gasteiger partial charge is 0.503 e. The Hall–Kier alpha value is -2.44. The molecule has 2 aromatic rings. The number of rotatable bonds is 5. The fraction of sp³-hybridized carbons (Fsp3) is 0.238. The molecule has 1 fully saturated rings. The lowest BCUT2D eigenvalue weighted by molar-refractivity contribution is -0.122. The normalized spacial score (nSPS) is 17.0. The van der Waals surface area contributed by atoms with E-state index in [1.807, 2.05) is 45.0 Å². The summed E-state index contributed by atoms with van der Waals surface area (Å²) in [6.45, 7) is 6.64. The number of phenols is 1. The number of phenolic OH excluding ortho intramolecular Hbond substituents is 1. The summed E-state index contributed by atoms with van der Waals surface area (Å²) in [5.41, 5.74) is 2.56. The van der Waals surface area contributed by atoms with Crippen LogP contribution in [0.1, 0.15) is 25.0 Å². The second-order valence-corrected chi connectivity index (χ2v) is 7.54. The fourth-order valence-corrected chi connectivity index (χ4v) is 4.03. The van der Waals surface area contributed by atoms with Gasteiger partial charge in [0.05, 0.1) is 22.2 Å². The predicted molar refractivity (Wildman–Crippen MR) is 116 cm³/mol. The Balaban J connectivity index is 1.98. The van der Waals surface area contributed by atoms with Crippen molar-refractivity contribution in [1.82, 2.24) is 4.90 Å². The molecule has 1 N–H and O–H groups in total. The molecular formula is C21H21ClN2O3S. The minimum Gasteiger partial charge on any atom is -0.503 e. The van der Waals surface area contributed by atoms with Gasteiger partial charge in [0.1, 0.15) is 0 Å². The average molecular weight is 417 g/mol. The molecule has 1 aliphatic heterocycles. The van der Waals surface area contributed by atoms with Crippen LogP contribution in [0, 0.1) is 6.92 Å². The van der Waals surface area contributed by atoms with Gasteiger partial charge in [0, 0.05) is 6.54 Å². The number of aromatic hydroxyl groups is 1. The van der Waals surface area contributed by atoms with Gasteiger partial charge in [0.2, 0.25) is 0 Å². The van der Waals surface area contributed by atoms with Crippen molar-refractivity contribution in [1.29, 1.82) is 0 Å². The average Bonchev–Trinajstić information content (AvgIpc) is 2.95. The number of hydrogen-bond donors (Lipinski definition) is 1. The molecule has 1 amide bonds. The maximum absolute atomic E-state index is 12.8. The molecule has 3 rings (SSSR count). The van der Waals surface area contributed by atoms with Gasteiger partial charge in [0.15, 0.2) is 16.7 Å². The second-order valence-electron chi connectivity index (χ2n) is 6.12. The highest BCUT2D eigenvalue weighted by Gasteiger charge is 2.32. The highest BCUT2D eigenvalue weighted by molar-refractivity contribution is 8.18. The van der Waals surface area contributed by atoms with Gasteiger partial charge >= 0.3 is 0 Å². The molecule has 0 spiro atoms. The first kappa shape index (κ1) is 20.3. The number of para-hydroxylation sites is 1. The molecule has 0 bridgehead atoms. The Morgan fingerprint density at radius 1 is 1.29 bits per heavy atom. The third kappa shape index (κ3) is 4.18. The molecule has 0 saturated carbocycles. The maximum atomic E-state index is 12.8. The highest BCUT2D eigenvalue weighted by Crippen LogP contribution is 2.38. The SMILES string of the molecule is CCOc1cc(/C=C2/SC(=Nc3ccccc3C)N(CC)C2=O)cc(Cl)c1O. The van der Waals surface area contributed by atoms with Crippen LogP contribution in [0.5, 0.6) is 11.5 Å². The number of nitrogens with zero attached hydrogens (tertiary/aromatic N) is 2. The van der Waals surface area contributed by atoms with E-state index in [4.69, 9.17) is 16.3 Å². The second kappa shape index (κ2) is 8.71. The molecule has 2 aromatic carbocycles. The lowest BCUT2D eigenvalue weighted by atomic mass is 10.2. The zero-order valence-electron chi connectivity index (χ0n) is 15.9. The van der Waals surface area contributed by atoms with Gasteiger partial charge < -0.3 is 9.84 Å². The minimum atomic E-state index is -0.109. The first-order chi connectivity index (χ1) is 13.4. The standard InChI is InChI=1S/C21H21ClN2O3S/c1-4-24-20(26)18(28-21(24)23-16-9-7-6-8-13(16)3)12-14-10-15(22)19(25)17(11-14)27-5-2/h6-12,25H,4-5H2,1-3H3/b18-12+,23-21?. The zero-order chi connectivity index (χ0) is 20.3. The monoisotopic (exact) mass is 416 g/mol. The number of halogens is 1. The molecule has 0 radical (unpaired) electrons. The van der Waals surface area contributed by atoms with Crippen LogP contribution in [0.2, 0.25) is 5.02 Å². The summed E-state index contributed by atoms with van der Waals surface area (Å²) >= 11 is 7.42. The minimum absolute atomic E-state index is 0.104. The number of ether oxygens (including phenoxy) is 1. The number of likely N-dealkylation sites (N-methyl/N-ethyl adjacent to an activating group) is 1. The van der Waals surface area contributed by atoms with E-state index < -0.39 is 0 Å². The number of amidine groups is 1. The molecule has 7 heteroatoms. The van der Waals surface area contributed by atoms with Crippen LogP contribution in [0.25, 0.3) is 6.08 Å². The van der Waals surface area contributed by atoms with Crippen LogP contribution in [-0.2, 0) is 4.79 Å². The van der Waals surface area contributed by atoms with E-state index in [2.05, 4.69) is 4.99 Å². The van der Waals surface area contributed by atoms with E-state index in [0.29, 0.717) is 34.5 Å². The zero-order valence-corrected chi connectivity index (χ0v) is 17.5. The number of thioether (sulfide) groups is 1. The summed E-state index contributed by atoms with van der Waals surface area (Å²) < 4.78 is 5.42. The van der Waals surface area contributed by atoms with Crippen molar-refractivity contribution in [3.8, 4) is 11.5 Å². The maximum Gasteiger partial charge on any atom is 0.266 e. The Labute approximate surface area is 173 Å². The number of carbonyl (C=O) groups is 1. The quantitative estimate of drug-likeness (QED) is 0.665. The van der Waals surface area contributed by atoms with Crippen LogP contribution >= 0.6 is 23.4 Å². The molecule has 146 valence electrons. The molecule has 1 saturated heterocycles. The van der Waals surface area contributed by atoms with E-state index >= 15 is 0 Å². The first-order valence-electron chi connectivity index (χ1n) is 8.95. The van der Waals surface area contributed by atoms with Crippen molar-refractivity contribution >= 4 is 46.2 Å². The van der Waals surface area contributed by atoms with Gasteiger partial charge in [-0.1, -0.05) is 29.8 Å². The lowest BCUT2D eigenvalue weighted by Gasteiger charge is -2.12. The summed E-state index contributed by atoms with van der Waals surface area (Å²) in [5.74, 6) is 0.0773. The number of hydrogen-bond acceptors (Lipinski definition) is 5. The fourth-order valence-electron chi connectivity index (χ4n) is 2.76. The lowest BCUT2D eigenvalue weighted by Crippen LogP contribution is -2.28. The smallest absolute Gasteiger partial charge is 0.266 e. The Bertz CT molecular complexity index is 972. The summed E-state index contributed by atoms with van der Waals surface area (Å²) in [4.78, 5) is 19.7. The van der Waals surface area contributed by atoms with Gasteiger partial charge in [-0.25, -0.2) is 4.99 Å². The van der Waals surface area contributed by atoms with Crippen LogP contribution in [-0.4, -0.2) is 34.2 Å². The molecule has 28 heavy (non-hydrogen) atoms. The van der Waals surface area contributed by atoms with Gasteiger partial charge in [-0.05, 0) is 67.9 Å². The molecule has 1 aliphatic rings. The topological polar surface area (TPSA) is 62.1 Å². The molecule has 0 aliphatic carbocycles. The molecule has 5 nitrogen and oxygen atoms in total. The van der Waals surface area contributed by atoms with E-state index in [1.165, 1.54) is 11.8 Å². The summed E-state index contributed by atoms with van der Waals surface area (Å²) in [6, 6.07) is 11.1. The molecule has 0 atom stereocenters. The van der Waals surface area contributed by atoms with Gasteiger partial charge in [-0.15, -0.1) is 0 Å². The summed E-state index contributed by atoms with van der Waals surface area (Å²) in [7, 11) is 0. The number of carbonyl (C=O) groups excluding carboxylic acids is 1. The van der Waals surface area contributed by atoms with E-state index in [-0.39, 0.29) is 16.7 Å². The molecular weight excluding hydrogens is 396 g/mol. The first-order valence-corrected chi connectivity index (χ1v) is 10.1. The van der Waals surface area contributed by atoms with E-state index in [1.54, 1.807) is 23.1 Å². The van der Waals surface area contributed by atoms with E-state index in [9.17, 15) is 9.90 Å². The number of aliphatic imine (C=N–C) groups is 1. The van der Waals surface area contributed by atoms with Crippen molar-refractivity contribution < 1.29 is 14.6 Å². The van der Waals surface area contributed by atoms with Crippen molar-refractivity contribution in [3.05, 3.63) is 57.5 Å². The van der Waals surface area contributed by atoms with E-state index in [0.717, 1.165) is 11.3 Å². The van der Waals surface area contributed by atoms with Crippen molar-refractivity contribution in [2.45, 2.75) is 20.8 Å². The molecule has 1 heterocycles. The van der Waals surface area contributed by atoms with Gasteiger partial charge in [0.25, 0.3) is 5.91 Å². The Morgan fingerprint density at radius 2 is 2.04 bits per heavy atom. The Morgan fingerprint density at radius 3 is 2.71 bits per heavy atom. The van der Waals surface area contributed by atoms with Gasteiger partial charge in [-0.2, -0.15) is 0 Å². The number of aryl methyl sites for hydroxylation is 1. The summed E-state index contributed by atoms with van der Waals surface area (Å²) in [6.07, 6.45) is 1.74. The van der Waals surface area contributed by atoms with Crippen LogP contribution in [0.3, 0.4) is 0 Å². The van der Waals surface area contributed by atoms with Crippen LogP contribution < -0.4 is 4.74 Å². The highest BCUT2D eigenvalue weighted by atomic mass is 35.5. The van der Waals surface area contributed by atoms with Crippen LogP contribution in [0.4, 0.5) is 5.69 Å². The molecule has 0 aromatic heterocycles. The summed E-state index contributed by atoms with van der Waals surface area (Å²) in [5, 5.41) is 10.8. The third-order valence-corrected chi connectivity index (χ3v) is 5.48.